The number of fused-ring (bicyclic) bond motifs is 1. The van der Waals surface area contributed by atoms with E-state index < -0.39 is 0 Å². The van der Waals surface area contributed by atoms with Crippen LogP contribution in [-0.2, 0) is 6.54 Å². The maximum absolute atomic E-state index is 5.11. The van der Waals surface area contributed by atoms with Crippen LogP contribution in [0.4, 0.5) is 0 Å². The van der Waals surface area contributed by atoms with Gasteiger partial charge in [-0.3, -0.25) is 5.32 Å². The van der Waals surface area contributed by atoms with Gasteiger partial charge in [-0.2, -0.15) is 0 Å². The minimum absolute atomic E-state index is 0.315. The molecule has 5 aromatic rings. The fraction of sp³-hybridized carbons (Fsp3) is 0.0625. The van der Waals surface area contributed by atoms with Gasteiger partial charge in [0, 0.05) is 12.1 Å². The molecule has 35 heavy (non-hydrogen) atoms. The van der Waals surface area contributed by atoms with Gasteiger partial charge in [0.15, 0.2) is 5.84 Å². The maximum atomic E-state index is 5.11. The largest absolute Gasteiger partial charge is 0.288 e. The van der Waals surface area contributed by atoms with Crippen molar-refractivity contribution in [3.8, 4) is 11.1 Å². The lowest BCUT2D eigenvalue weighted by atomic mass is 9.93. The zero-order valence-corrected chi connectivity index (χ0v) is 19.5. The van der Waals surface area contributed by atoms with E-state index in [9.17, 15) is 0 Å². The molecular formula is C32H27N3. The minimum atomic E-state index is -0.315. The molecule has 0 heterocycles. The van der Waals surface area contributed by atoms with Gasteiger partial charge in [0.1, 0.15) is 6.17 Å². The molecule has 5 rings (SSSR count). The molecule has 1 atom stereocenters. The molecule has 1 N–H and O–H groups in total. The van der Waals surface area contributed by atoms with Crippen molar-refractivity contribution in [1.29, 1.82) is 0 Å². The van der Waals surface area contributed by atoms with Crippen LogP contribution in [0.1, 0.15) is 22.9 Å². The first-order chi connectivity index (χ1) is 17.3. The first-order valence-electron chi connectivity index (χ1n) is 11.8. The van der Waals surface area contributed by atoms with Crippen molar-refractivity contribution in [3.63, 3.8) is 0 Å². The highest BCUT2D eigenvalue weighted by Crippen LogP contribution is 2.34. The monoisotopic (exact) mass is 453 g/mol. The second kappa shape index (κ2) is 10.7. The topological polar surface area (TPSA) is 36.8 Å². The molecule has 0 aliphatic rings. The molecule has 0 saturated heterocycles. The first-order valence-corrected chi connectivity index (χ1v) is 11.8. The lowest BCUT2D eigenvalue weighted by Crippen LogP contribution is -2.21. The van der Waals surface area contributed by atoms with Gasteiger partial charge >= 0.3 is 0 Å². The average Bonchev–Trinajstić information content (AvgIpc) is 2.94. The van der Waals surface area contributed by atoms with Crippen LogP contribution >= 0.6 is 0 Å². The Kier molecular flexibility index (Phi) is 6.88. The number of hydrogen-bond acceptors (Lipinski definition) is 2. The Morgan fingerprint density at radius 1 is 0.686 bits per heavy atom. The predicted octanol–water partition coefficient (Wildman–Crippen LogP) is 7.44. The number of amidine groups is 1. The number of nitrogens with zero attached hydrogens (tertiary/aromatic N) is 2. The lowest BCUT2D eigenvalue weighted by molar-refractivity contribution is 0.558. The second-order valence-electron chi connectivity index (χ2n) is 8.36. The highest BCUT2D eigenvalue weighted by atomic mass is 15.1. The van der Waals surface area contributed by atoms with E-state index in [1.54, 1.807) is 0 Å². The Bertz CT molecular complexity index is 1440. The third-order valence-electron chi connectivity index (χ3n) is 6.09. The van der Waals surface area contributed by atoms with Gasteiger partial charge in [0.05, 0.1) is 0 Å². The molecule has 0 saturated carbocycles. The SMILES string of the molecule is C=N/C(=N\C(NCc1ccccc1)c1cccc2cccc(-c3ccccc3)c12)c1ccccc1. The van der Waals surface area contributed by atoms with Crippen molar-refractivity contribution in [1.82, 2.24) is 5.32 Å². The molecule has 170 valence electrons. The van der Waals surface area contributed by atoms with Gasteiger partial charge in [-0.05, 0) is 39.7 Å². The molecule has 0 amide bonds. The fourth-order valence-electron chi connectivity index (χ4n) is 4.41. The second-order valence-corrected chi connectivity index (χ2v) is 8.36. The van der Waals surface area contributed by atoms with Gasteiger partial charge in [-0.15, -0.1) is 0 Å². The van der Waals surface area contributed by atoms with Crippen LogP contribution in [0.25, 0.3) is 21.9 Å². The Balaban J connectivity index is 1.66. The van der Waals surface area contributed by atoms with Gasteiger partial charge in [-0.1, -0.05) is 127 Å². The van der Waals surface area contributed by atoms with E-state index in [0.29, 0.717) is 12.4 Å². The number of aliphatic imine (C=N–C) groups is 2. The summed E-state index contributed by atoms with van der Waals surface area (Å²) in [5.74, 6) is 0.616. The quantitative estimate of drug-likeness (QED) is 0.202. The summed E-state index contributed by atoms with van der Waals surface area (Å²) in [7, 11) is 0. The summed E-state index contributed by atoms with van der Waals surface area (Å²) in [4.78, 5) is 9.41. The Morgan fingerprint density at radius 2 is 1.31 bits per heavy atom. The van der Waals surface area contributed by atoms with Crippen LogP contribution in [0.15, 0.2) is 137 Å². The van der Waals surface area contributed by atoms with Crippen molar-refractivity contribution >= 4 is 23.3 Å². The molecule has 3 nitrogen and oxygen atoms in total. The van der Waals surface area contributed by atoms with Crippen molar-refractivity contribution in [3.05, 3.63) is 144 Å². The summed E-state index contributed by atoms with van der Waals surface area (Å²) in [5.41, 5.74) is 5.62. The Morgan fingerprint density at radius 3 is 2.00 bits per heavy atom. The zero-order valence-electron chi connectivity index (χ0n) is 19.5. The average molecular weight is 454 g/mol. The summed E-state index contributed by atoms with van der Waals surface area (Å²) >= 11 is 0. The minimum Gasteiger partial charge on any atom is -0.288 e. The standard InChI is InChI=1S/C32H27N3/c1-33-31(27-17-9-4-10-18-27)35-32(34-23-24-13-5-2-6-14-24)29-22-12-20-26-19-11-21-28(30(26)29)25-15-7-3-8-16-25/h2-22,32,34H,1,23H2/b35-31-. The summed E-state index contributed by atoms with van der Waals surface area (Å²) in [6.07, 6.45) is -0.315. The molecule has 0 spiro atoms. The highest BCUT2D eigenvalue weighted by Gasteiger charge is 2.17. The van der Waals surface area contributed by atoms with Gasteiger partial charge in [0.25, 0.3) is 0 Å². The van der Waals surface area contributed by atoms with E-state index in [2.05, 4.69) is 102 Å². The molecule has 0 aliphatic heterocycles. The summed E-state index contributed by atoms with van der Waals surface area (Å²) in [6.45, 7) is 4.50. The fourth-order valence-corrected chi connectivity index (χ4v) is 4.41. The van der Waals surface area contributed by atoms with Crippen molar-refractivity contribution in [2.24, 2.45) is 9.98 Å². The molecule has 0 aliphatic carbocycles. The number of nitrogens with one attached hydrogen (secondary N) is 1. The number of hydrogen-bond donors (Lipinski definition) is 1. The van der Waals surface area contributed by atoms with Crippen LogP contribution in [0.5, 0.6) is 0 Å². The van der Waals surface area contributed by atoms with Crippen LogP contribution < -0.4 is 5.32 Å². The molecule has 5 aromatic carbocycles. The van der Waals surface area contributed by atoms with Crippen molar-refractivity contribution in [2.45, 2.75) is 12.7 Å². The smallest absolute Gasteiger partial charge is 0.155 e. The third-order valence-corrected chi connectivity index (χ3v) is 6.09. The normalized spacial score (nSPS) is 12.4. The van der Waals surface area contributed by atoms with Crippen LogP contribution in [-0.4, -0.2) is 12.6 Å². The Labute approximate surface area is 206 Å². The number of rotatable bonds is 7. The van der Waals surface area contributed by atoms with Crippen LogP contribution in [0.2, 0.25) is 0 Å². The maximum Gasteiger partial charge on any atom is 0.155 e. The van der Waals surface area contributed by atoms with E-state index >= 15 is 0 Å². The van der Waals surface area contributed by atoms with Crippen LogP contribution in [0, 0.1) is 0 Å². The van der Waals surface area contributed by atoms with Gasteiger partial charge in [-0.25, -0.2) is 9.98 Å². The molecule has 3 heteroatoms. The van der Waals surface area contributed by atoms with E-state index in [1.165, 1.54) is 27.5 Å². The zero-order chi connectivity index (χ0) is 23.9. The van der Waals surface area contributed by atoms with E-state index in [4.69, 9.17) is 4.99 Å². The van der Waals surface area contributed by atoms with E-state index in [0.717, 1.165) is 11.1 Å². The highest BCUT2D eigenvalue weighted by molar-refractivity contribution is 6.02. The summed E-state index contributed by atoms with van der Waals surface area (Å²) in [5, 5.41) is 6.05. The molecule has 0 aromatic heterocycles. The molecule has 0 radical (unpaired) electrons. The van der Waals surface area contributed by atoms with Crippen LogP contribution in [0.3, 0.4) is 0 Å². The number of benzene rings is 5. The molecule has 1 unspecified atom stereocenters. The van der Waals surface area contributed by atoms with Gasteiger partial charge in [0.2, 0.25) is 0 Å². The van der Waals surface area contributed by atoms with E-state index in [1.807, 2.05) is 42.5 Å². The molecule has 0 fully saturated rings. The van der Waals surface area contributed by atoms with Crippen molar-refractivity contribution < 1.29 is 0 Å². The predicted molar refractivity (Wildman–Crippen MR) is 148 cm³/mol. The summed E-state index contributed by atoms with van der Waals surface area (Å²) < 4.78 is 0. The first kappa shape index (κ1) is 22.5. The Hall–Kier alpha value is -4.34. The molecule has 0 bridgehead atoms. The lowest BCUT2D eigenvalue weighted by Gasteiger charge is -2.20. The van der Waals surface area contributed by atoms with Gasteiger partial charge < -0.3 is 0 Å². The third kappa shape index (κ3) is 5.11. The van der Waals surface area contributed by atoms with Crippen molar-refractivity contribution in [2.75, 3.05) is 0 Å². The molecular weight excluding hydrogens is 426 g/mol. The summed E-state index contributed by atoms with van der Waals surface area (Å²) in [6, 6.07) is 43.8. The van der Waals surface area contributed by atoms with E-state index in [-0.39, 0.29) is 6.17 Å².